The molecule has 0 spiro atoms. The summed E-state index contributed by atoms with van der Waals surface area (Å²) in [6.07, 6.45) is 0.989. The first kappa shape index (κ1) is 22.5. The Balaban J connectivity index is 1.57. The fraction of sp³-hybridized carbons (Fsp3) is 0.286. The number of thioether (sulfide) groups is 1. The molecule has 0 atom stereocenters. The number of anilines is 1. The Morgan fingerprint density at radius 1 is 1.10 bits per heavy atom. The number of ether oxygens (including phenoxy) is 1. The largest absolute Gasteiger partial charge is 0.486 e. The summed E-state index contributed by atoms with van der Waals surface area (Å²) in [5.41, 5.74) is 1.81. The zero-order valence-corrected chi connectivity index (χ0v) is 19.0. The SMILES string of the molecule is CCc1ccc(OCc2nnc(SCC(=O)Nc3cc(Cl)cc(Cl)c3)n2CC)cc1. The number of nitrogens with zero attached hydrogens (tertiary/aromatic N) is 3. The third-order valence-electron chi connectivity index (χ3n) is 4.29. The second-order valence-corrected chi connectivity index (χ2v) is 8.24. The van der Waals surface area contributed by atoms with Crippen LogP contribution in [0.1, 0.15) is 25.2 Å². The molecule has 0 saturated heterocycles. The van der Waals surface area contributed by atoms with E-state index in [0.717, 1.165) is 12.2 Å². The summed E-state index contributed by atoms with van der Waals surface area (Å²) in [4.78, 5) is 12.3. The lowest BCUT2D eigenvalue weighted by Crippen LogP contribution is -2.15. The normalized spacial score (nSPS) is 10.8. The van der Waals surface area contributed by atoms with Crippen molar-refractivity contribution >= 4 is 46.6 Å². The van der Waals surface area contributed by atoms with Crippen molar-refractivity contribution in [3.63, 3.8) is 0 Å². The van der Waals surface area contributed by atoms with E-state index >= 15 is 0 Å². The zero-order valence-electron chi connectivity index (χ0n) is 16.7. The van der Waals surface area contributed by atoms with Crippen LogP contribution >= 0.6 is 35.0 Å². The Hall–Kier alpha value is -2.22. The first-order valence-electron chi connectivity index (χ1n) is 9.51. The molecule has 0 aliphatic heterocycles. The molecule has 0 fully saturated rings. The first-order valence-corrected chi connectivity index (χ1v) is 11.2. The van der Waals surface area contributed by atoms with Crippen LogP contribution in [0.25, 0.3) is 0 Å². The van der Waals surface area contributed by atoms with E-state index in [0.29, 0.717) is 39.9 Å². The van der Waals surface area contributed by atoms with E-state index in [-0.39, 0.29) is 11.7 Å². The molecular formula is C21H22Cl2N4O2S. The van der Waals surface area contributed by atoms with Gasteiger partial charge in [-0.25, -0.2) is 0 Å². The smallest absolute Gasteiger partial charge is 0.234 e. The summed E-state index contributed by atoms with van der Waals surface area (Å²) in [5, 5.41) is 12.8. The van der Waals surface area contributed by atoms with Gasteiger partial charge in [-0.3, -0.25) is 4.79 Å². The van der Waals surface area contributed by atoms with Crippen LogP contribution in [0.2, 0.25) is 10.0 Å². The molecule has 1 N–H and O–H groups in total. The molecule has 30 heavy (non-hydrogen) atoms. The van der Waals surface area contributed by atoms with Gasteiger partial charge in [0.05, 0.1) is 5.75 Å². The molecule has 0 bridgehead atoms. The van der Waals surface area contributed by atoms with Crippen molar-refractivity contribution in [1.82, 2.24) is 14.8 Å². The number of hydrogen-bond donors (Lipinski definition) is 1. The molecule has 9 heteroatoms. The quantitative estimate of drug-likeness (QED) is 0.424. The van der Waals surface area contributed by atoms with Crippen molar-refractivity contribution in [1.29, 1.82) is 0 Å². The third kappa shape index (κ3) is 6.14. The van der Waals surface area contributed by atoms with Gasteiger partial charge < -0.3 is 14.6 Å². The molecule has 3 rings (SSSR count). The van der Waals surface area contributed by atoms with Crippen LogP contribution in [0, 0.1) is 0 Å². The maximum atomic E-state index is 12.3. The van der Waals surface area contributed by atoms with Gasteiger partial charge in [-0.15, -0.1) is 10.2 Å². The highest BCUT2D eigenvalue weighted by Gasteiger charge is 2.14. The Bertz CT molecular complexity index is 988. The number of hydrogen-bond acceptors (Lipinski definition) is 5. The summed E-state index contributed by atoms with van der Waals surface area (Å²) in [6.45, 7) is 5.10. The van der Waals surface area contributed by atoms with Gasteiger partial charge in [0.1, 0.15) is 12.4 Å². The first-order chi connectivity index (χ1) is 14.5. The van der Waals surface area contributed by atoms with Gasteiger partial charge in [0.15, 0.2) is 11.0 Å². The van der Waals surface area contributed by atoms with Gasteiger partial charge >= 0.3 is 0 Å². The van der Waals surface area contributed by atoms with E-state index in [2.05, 4.69) is 22.4 Å². The molecule has 0 unspecified atom stereocenters. The number of halogens is 2. The molecule has 1 amide bonds. The van der Waals surface area contributed by atoms with E-state index in [9.17, 15) is 4.79 Å². The third-order valence-corrected chi connectivity index (χ3v) is 5.69. The van der Waals surface area contributed by atoms with Crippen molar-refractivity contribution in [2.24, 2.45) is 0 Å². The number of carbonyl (C=O) groups is 1. The molecule has 0 radical (unpaired) electrons. The predicted octanol–water partition coefficient (Wildman–Crippen LogP) is 5.48. The van der Waals surface area contributed by atoms with Crippen molar-refractivity contribution in [3.8, 4) is 5.75 Å². The monoisotopic (exact) mass is 464 g/mol. The second-order valence-electron chi connectivity index (χ2n) is 6.42. The van der Waals surface area contributed by atoms with E-state index < -0.39 is 0 Å². The molecule has 0 aliphatic carbocycles. The van der Waals surface area contributed by atoms with Crippen LogP contribution in [0.15, 0.2) is 47.6 Å². The highest BCUT2D eigenvalue weighted by atomic mass is 35.5. The fourth-order valence-corrected chi connectivity index (χ4v) is 4.12. The molecule has 0 saturated carbocycles. The van der Waals surface area contributed by atoms with E-state index in [4.69, 9.17) is 27.9 Å². The highest BCUT2D eigenvalue weighted by molar-refractivity contribution is 7.99. The van der Waals surface area contributed by atoms with Gasteiger partial charge in [0.25, 0.3) is 0 Å². The minimum atomic E-state index is -0.183. The molecule has 1 heterocycles. The van der Waals surface area contributed by atoms with E-state index in [1.54, 1.807) is 18.2 Å². The predicted molar refractivity (Wildman–Crippen MR) is 122 cm³/mol. The fourth-order valence-electron chi connectivity index (χ4n) is 2.77. The van der Waals surface area contributed by atoms with Crippen LogP contribution in [-0.4, -0.2) is 26.4 Å². The number of amides is 1. The number of benzene rings is 2. The molecule has 6 nitrogen and oxygen atoms in total. The van der Waals surface area contributed by atoms with Crippen molar-refractivity contribution < 1.29 is 9.53 Å². The molecule has 158 valence electrons. The summed E-state index contributed by atoms with van der Waals surface area (Å²) in [5.74, 6) is 1.49. The number of rotatable bonds is 9. The van der Waals surface area contributed by atoms with Gasteiger partial charge in [0, 0.05) is 22.3 Å². The minimum absolute atomic E-state index is 0.182. The topological polar surface area (TPSA) is 69.0 Å². The van der Waals surface area contributed by atoms with Gasteiger partial charge in [-0.1, -0.05) is 54.0 Å². The number of aryl methyl sites for hydroxylation is 1. The number of aromatic nitrogens is 3. The molecular weight excluding hydrogens is 443 g/mol. The summed E-state index contributed by atoms with van der Waals surface area (Å²) >= 11 is 13.2. The van der Waals surface area contributed by atoms with Gasteiger partial charge in [0.2, 0.25) is 5.91 Å². The van der Waals surface area contributed by atoms with E-state index in [1.165, 1.54) is 17.3 Å². The maximum absolute atomic E-state index is 12.3. The van der Waals surface area contributed by atoms with Crippen LogP contribution in [0.4, 0.5) is 5.69 Å². The Morgan fingerprint density at radius 3 is 2.43 bits per heavy atom. The Kier molecular flexibility index (Phi) is 8.01. The molecule has 3 aromatic rings. The van der Waals surface area contributed by atoms with Gasteiger partial charge in [-0.05, 0) is 49.2 Å². The lowest BCUT2D eigenvalue weighted by Gasteiger charge is -2.09. The zero-order chi connectivity index (χ0) is 21.5. The van der Waals surface area contributed by atoms with Crippen molar-refractivity contribution in [2.45, 2.75) is 38.6 Å². The molecule has 2 aromatic carbocycles. The van der Waals surface area contributed by atoms with Crippen LogP contribution in [-0.2, 0) is 24.4 Å². The Morgan fingerprint density at radius 2 is 1.80 bits per heavy atom. The minimum Gasteiger partial charge on any atom is -0.486 e. The number of nitrogens with one attached hydrogen (secondary N) is 1. The standard InChI is InChI=1S/C21H22Cl2N4O2S/c1-3-14-5-7-18(8-6-14)29-12-19-25-26-21(27(19)4-2)30-13-20(28)24-17-10-15(22)9-16(23)11-17/h5-11H,3-4,12-13H2,1-2H3,(H,24,28). The summed E-state index contributed by atoms with van der Waals surface area (Å²) in [7, 11) is 0. The summed E-state index contributed by atoms with van der Waals surface area (Å²) in [6, 6.07) is 12.9. The van der Waals surface area contributed by atoms with E-state index in [1.807, 2.05) is 35.8 Å². The second kappa shape index (κ2) is 10.7. The van der Waals surface area contributed by atoms with Crippen LogP contribution in [0.5, 0.6) is 5.75 Å². The van der Waals surface area contributed by atoms with Gasteiger partial charge in [-0.2, -0.15) is 0 Å². The highest BCUT2D eigenvalue weighted by Crippen LogP contribution is 2.23. The molecule has 1 aromatic heterocycles. The summed E-state index contributed by atoms with van der Waals surface area (Å²) < 4.78 is 7.78. The Labute approximate surface area is 189 Å². The lowest BCUT2D eigenvalue weighted by molar-refractivity contribution is -0.113. The lowest BCUT2D eigenvalue weighted by atomic mass is 10.2. The number of carbonyl (C=O) groups excluding carboxylic acids is 1. The average molecular weight is 465 g/mol. The van der Waals surface area contributed by atoms with Crippen LogP contribution < -0.4 is 10.1 Å². The van der Waals surface area contributed by atoms with Crippen molar-refractivity contribution in [3.05, 3.63) is 63.9 Å². The molecule has 0 aliphatic rings. The average Bonchev–Trinajstić information content (AvgIpc) is 3.12. The maximum Gasteiger partial charge on any atom is 0.234 e. The van der Waals surface area contributed by atoms with Crippen molar-refractivity contribution in [2.75, 3.05) is 11.1 Å². The van der Waals surface area contributed by atoms with Crippen LogP contribution in [0.3, 0.4) is 0 Å².